The third-order valence-corrected chi connectivity index (χ3v) is 4.48. The van der Waals surface area contributed by atoms with Gasteiger partial charge in [-0.05, 0) is 36.6 Å². The molecule has 2 atom stereocenters. The van der Waals surface area contributed by atoms with Gasteiger partial charge in [-0.25, -0.2) is 0 Å². The Hall–Kier alpha value is -1.03. The highest BCUT2D eigenvalue weighted by Crippen LogP contribution is 2.38. The van der Waals surface area contributed by atoms with Crippen molar-refractivity contribution in [1.29, 1.82) is 0 Å². The molecule has 1 aliphatic carbocycles. The van der Waals surface area contributed by atoms with Crippen LogP contribution in [0.15, 0.2) is 11.4 Å². The highest BCUT2D eigenvalue weighted by Gasteiger charge is 2.40. The largest absolute Gasteiger partial charge is 0.397 e. The van der Waals surface area contributed by atoms with Crippen molar-refractivity contribution in [2.45, 2.75) is 25.3 Å². The van der Waals surface area contributed by atoms with Crippen molar-refractivity contribution >= 4 is 22.9 Å². The summed E-state index contributed by atoms with van der Waals surface area (Å²) in [6.07, 6.45) is 3.69. The molecule has 3 nitrogen and oxygen atoms in total. The summed E-state index contributed by atoms with van der Waals surface area (Å²) in [5.74, 6) is 0.898. The number of amides is 1. The summed E-state index contributed by atoms with van der Waals surface area (Å²) in [7, 11) is 0. The van der Waals surface area contributed by atoms with Crippen molar-refractivity contribution in [3.05, 3.63) is 16.3 Å². The van der Waals surface area contributed by atoms with Crippen LogP contribution in [0, 0.1) is 5.92 Å². The van der Waals surface area contributed by atoms with E-state index in [0.717, 1.165) is 17.3 Å². The zero-order valence-corrected chi connectivity index (χ0v) is 9.30. The summed E-state index contributed by atoms with van der Waals surface area (Å²) in [6.45, 7) is 0.945. The molecule has 1 aromatic heterocycles. The summed E-state index contributed by atoms with van der Waals surface area (Å²) in [5.41, 5.74) is 6.40. The van der Waals surface area contributed by atoms with Gasteiger partial charge in [0.1, 0.15) is 4.88 Å². The van der Waals surface area contributed by atoms with Gasteiger partial charge in [-0.3, -0.25) is 4.79 Å². The molecular formula is C11H14N2OS. The van der Waals surface area contributed by atoms with E-state index in [2.05, 4.69) is 0 Å². The van der Waals surface area contributed by atoms with Crippen LogP contribution < -0.4 is 5.73 Å². The molecule has 1 aromatic rings. The van der Waals surface area contributed by atoms with Gasteiger partial charge >= 0.3 is 0 Å². The Morgan fingerprint density at radius 2 is 2.40 bits per heavy atom. The summed E-state index contributed by atoms with van der Waals surface area (Å²) in [4.78, 5) is 14.9. The van der Waals surface area contributed by atoms with Crippen LogP contribution in [0.3, 0.4) is 0 Å². The summed E-state index contributed by atoms with van der Waals surface area (Å²) >= 11 is 1.46. The number of thiophene rings is 1. The van der Waals surface area contributed by atoms with E-state index < -0.39 is 0 Å². The molecule has 2 heterocycles. The monoisotopic (exact) mass is 222 g/mol. The quantitative estimate of drug-likeness (QED) is 0.789. The normalized spacial score (nSPS) is 28.7. The predicted molar refractivity (Wildman–Crippen MR) is 60.9 cm³/mol. The minimum Gasteiger partial charge on any atom is -0.397 e. The highest BCUT2D eigenvalue weighted by atomic mass is 32.1. The molecule has 2 fully saturated rings. The number of fused-ring (bicyclic) bond motifs is 2. The molecule has 0 radical (unpaired) electrons. The zero-order chi connectivity index (χ0) is 10.4. The maximum absolute atomic E-state index is 12.2. The molecule has 1 saturated carbocycles. The molecule has 1 aliphatic heterocycles. The zero-order valence-electron chi connectivity index (χ0n) is 8.48. The van der Waals surface area contributed by atoms with Crippen LogP contribution in [0.5, 0.6) is 0 Å². The summed E-state index contributed by atoms with van der Waals surface area (Å²) in [5, 5.41) is 1.89. The van der Waals surface area contributed by atoms with E-state index in [9.17, 15) is 4.79 Å². The second kappa shape index (κ2) is 3.23. The standard InChI is InChI=1S/C11H14N2OS/c12-9-3-4-15-10(9)11(14)13-6-7-1-2-8(13)5-7/h3-4,7-8H,1-2,5-6,12H2. The molecular weight excluding hydrogens is 208 g/mol. The second-order valence-electron chi connectivity index (χ2n) is 4.50. The van der Waals surface area contributed by atoms with Crippen LogP contribution in [-0.2, 0) is 0 Å². The first-order valence-corrected chi connectivity index (χ1v) is 6.27. The van der Waals surface area contributed by atoms with E-state index in [0.29, 0.717) is 11.7 Å². The number of carbonyl (C=O) groups excluding carboxylic acids is 1. The molecule has 1 amide bonds. The van der Waals surface area contributed by atoms with E-state index in [1.807, 2.05) is 16.3 Å². The van der Waals surface area contributed by atoms with Gasteiger partial charge in [0.2, 0.25) is 0 Å². The first-order valence-electron chi connectivity index (χ1n) is 5.39. The Kier molecular flexibility index (Phi) is 1.99. The minimum atomic E-state index is 0.148. The van der Waals surface area contributed by atoms with Crippen LogP contribution in [-0.4, -0.2) is 23.4 Å². The molecule has 2 aliphatic rings. The lowest BCUT2D eigenvalue weighted by Gasteiger charge is -2.26. The lowest BCUT2D eigenvalue weighted by molar-refractivity contribution is 0.0709. The maximum atomic E-state index is 12.2. The van der Waals surface area contributed by atoms with E-state index in [-0.39, 0.29) is 5.91 Å². The topological polar surface area (TPSA) is 46.3 Å². The van der Waals surface area contributed by atoms with Gasteiger partial charge in [0.25, 0.3) is 5.91 Å². The van der Waals surface area contributed by atoms with Crippen LogP contribution in [0.2, 0.25) is 0 Å². The fourth-order valence-electron chi connectivity index (χ4n) is 2.80. The van der Waals surface area contributed by atoms with Gasteiger partial charge in [-0.2, -0.15) is 0 Å². The van der Waals surface area contributed by atoms with Crippen molar-refractivity contribution in [3.63, 3.8) is 0 Å². The van der Waals surface area contributed by atoms with E-state index in [1.165, 1.54) is 30.6 Å². The Morgan fingerprint density at radius 3 is 2.93 bits per heavy atom. The van der Waals surface area contributed by atoms with Gasteiger partial charge in [-0.15, -0.1) is 11.3 Å². The number of nitrogen functional groups attached to an aromatic ring is 1. The minimum absolute atomic E-state index is 0.148. The fraction of sp³-hybridized carbons (Fsp3) is 0.545. The van der Waals surface area contributed by atoms with Crippen LogP contribution in [0.25, 0.3) is 0 Å². The second-order valence-corrected chi connectivity index (χ2v) is 5.41. The molecule has 4 heteroatoms. The number of rotatable bonds is 1. The Bertz CT molecular complexity index is 401. The first kappa shape index (κ1) is 9.21. The average Bonchev–Trinajstić information content (AvgIpc) is 2.91. The number of hydrogen-bond donors (Lipinski definition) is 1. The van der Waals surface area contributed by atoms with Gasteiger partial charge in [-0.1, -0.05) is 0 Å². The van der Waals surface area contributed by atoms with Gasteiger partial charge in [0.15, 0.2) is 0 Å². The molecule has 3 rings (SSSR count). The Labute approximate surface area is 92.9 Å². The van der Waals surface area contributed by atoms with Crippen molar-refractivity contribution in [1.82, 2.24) is 4.90 Å². The lowest BCUT2D eigenvalue weighted by Crippen LogP contribution is -2.37. The maximum Gasteiger partial charge on any atom is 0.266 e. The number of nitrogens with two attached hydrogens (primary N) is 1. The molecule has 2 N–H and O–H groups in total. The van der Waals surface area contributed by atoms with E-state index in [4.69, 9.17) is 5.73 Å². The van der Waals surface area contributed by atoms with Gasteiger partial charge in [0, 0.05) is 12.6 Å². The van der Waals surface area contributed by atoms with Gasteiger partial charge < -0.3 is 10.6 Å². The Balaban J connectivity index is 1.84. The summed E-state index contributed by atoms with van der Waals surface area (Å²) < 4.78 is 0. The molecule has 0 aromatic carbocycles. The number of likely N-dealkylation sites (tertiary alicyclic amines) is 1. The number of hydrogen-bond acceptors (Lipinski definition) is 3. The van der Waals surface area contributed by atoms with Crippen molar-refractivity contribution in [3.8, 4) is 0 Å². The number of carbonyl (C=O) groups is 1. The van der Waals surface area contributed by atoms with Crippen LogP contribution in [0.1, 0.15) is 28.9 Å². The van der Waals surface area contributed by atoms with E-state index in [1.54, 1.807) is 0 Å². The van der Waals surface area contributed by atoms with Crippen LogP contribution in [0.4, 0.5) is 5.69 Å². The Morgan fingerprint density at radius 1 is 1.53 bits per heavy atom. The first-order chi connectivity index (χ1) is 7.25. The number of nitrogens with zero attached hydrogens (tertiary/aromatic N) is 1. The SMILES string of the molecule is Nc1ccsc1C(=O)N1CC2CCC1C2. The third-order valence-electron chi connectivity index (χ3n) is 3.56. The highest BCUT2D eigenvalue weighted by molar-refractivity contribution is 7.12. The molecule has 2 bridgehead atoms. The molecule has 1 saturated heterocycles. The van der Waals surface area contributed by atoms with Crippen LogP contribution >= 0.6 is 11.3 Å². The average molecular weight is 222 g/mol. The molecule has 0 spiro atoms. The smallest absolute Gasteiger partial charge is 0.266 e. The van der Waals surface area contributed by atoms with Crippen molar-refractivity contribution in [2.75, 3.05) is 12.3 Å². The predicted octanol–water partition coefficient (Wildman–Crippen LogP) is 1.95. The fourth-order valence-corrected chi connectivity index (χ4v) is 3.57. The number of piperidine rings is 1. The summed E-state index contributed by atoms with van der Waals surface area (Å²) in [6, 6.07) is 2.30. The van der Waals surface area contributed by atoms with Gasteiger partial charge in [0.05, 0.1) is 5.69 Å². The molecule has 2 unspecified atom stereocenters. The molecule has 15 heavy (non-hydrogen) atoms. The number of anilines is 1. The third kappa shape index (κ3) is 1.35. The molecule has 80 valence electrons. The van der Waals surface area contributed by atoms with Crippen molar-refractivity contribution in [2.24, 2.45) is 5.92 Å². The van der Waals surface area contributed by atoms with E-state index >= 15 is 0 Å². The lowest BCUT2D eigenvalue weighted by atomic mass is 10.1. The van der Waals surface area contributed by atoms with Crippen molar-refractivity contribution < 1.29 is 4.79 Å².